The van der Waals surface area contributed by atoms with Crippen molar-refractivity contribution in [2.24, 2.45) is 0 Å². The molecular weight excluding hydrogens is 134 g/mol. The number of nitrogens with one attached hydrogen (secondary N) is 1. The van der Waals surface area contributed by atoms with E-state index in [0.29, 0.717) is 0 Å². The van der Waals surface area contributed by atoms with Gasteiger partial charge in [-0.3, -0.25) is 10.0 Å². The lowest BCUT2D eigenvalue weighted by Crippen LogP contribution is -1.99. The second kappa shape index (κ2) is 7.51. The van der Waals surface area contributed by atoms with Gasteiger partial charge in [-0.25, -0.2) is 15.4 Å². The number of aromatic nitrogens is 2. The Morgan fingerprint density at radius 1 is 1.40 bits per heavy atom. The van der Waals surface area contributed by atoms with Crippen molar-refractivity contribution in [1.29, 1.82) is 0 Å². The van der Waals surface area contributed by atoms with Crippen LogP contribution in [0.15, 0.2) is 24.8 Å². The van der Waals surface area contributed by atoms with Crippen molar-refractivity contribution in [2.75, 3.05) is 0 Å². The average molecular weight is 141 g/mol. The van der Waals surface area contributed by atoms with Gasteiger partial charge in [0.1, 0.15) is 6.33 Å². The molecule has 1 amide bonds. The monoisotopic (exact) mass is 141 g/mol. The van der Waals surface area contributed by atoms with E-state index in [0.717, 1.165) is 0 Å². The minimum absolute atomic E-state index is 0.181. The molecule has 54 valence electrons. The smallest absolute Gasteiger partial charge is 0.230 e. The lowest BCUT2D eigenvalue weighted by Gasteiger charge is -1.70. The third-order valence-electron chi connectivity index (χ3n) is 0.530. The molecule has 0 spiro atoms. The second-order valence-corrected chi connectivity index (χ2v) is 1.15. The van der Waals surface area contributed by atoms with Crippen LogP contribution in [0.2, 0.25) is 0 Å². The van der Waals surface area contributed by atoms with Crippen LogP contribution in [0.1, 0.15) is 0 Å². The maximum Gasteiger partial charge on any atom is 0.230 e. The van der Waals surface area contributed by atoms with E-state index in [4.69, 9.17) is 10.0 Å². The Labute approximate surface area is 57.7 Å². The number of nitrogens with zero attached hydrogens (tertiary/aromatic N) is 2. The van der Waals surface area contributed by atoms with Gasteiger partial charge in [-0.1, -0.05) is 0 Å². The molecule has 0 aliphatic carbocycles. The zero-order valence-electron chi connectivity index (χ0n) is 5.14. The van der Waals surface area contributed by atoms with Gasteiger partial charge in [0.25, 0.3) is 0 Å². The fraction of sp³-hybridized carbons (Fsp3) is 0. The van der Waals surface area contributed by atoms with Crippen molar-refractivity contribution in [1.82, 2.24) is 15.4 Å². The summed E-state index contributed by atoms with van der Waals surface area (Å²) >= 11 is 0. The Balaban J connectivity index is 0.000000180. The molecule has 1 rings (SSSR count). The molecular formula is C5H7N3O2. The Morgan fingerprint density at radius 3 is 2.00 bits per heavy atom. The number of hydrogen-bond donors (Lipinski definition) is 2. The summed E-state index contributed by atoms with van der Waals surface area (Å²) in [5, 5.41) is 7.26. The summed E-state index contributed by atoms with van der Waals surface area (Å²) in [5.74, 6) is 0. The summed E-state index contributed by atoms with van der Waals surface area (Å²) in [6.07, 6.45) is 5.06. The molecule has 0 atom stereocenters. The van der Waals surface area contributed by atoms with Crippen molar-refractivity contribution >= 4 is 6.41 Å². The predicted molar refractivity (Wildman–Crippen MR) is 33.0 cm³/mol. The minimum atomic E-state index is 0.181. The first-order valence-electron chi connectivity index (χ1n) is 2.45. The summed E-state index contributed by atoms with van der Waals surface area (Å²) in [4.78, 5) is 16.2. The largest absolute Gasteiger partial charge is 0.289 e. The summed E-state index contributed by atoms with van der Waals surface area (Å²) in [6, 6.07) is 1.78. The Bertz CT molecular complexity index is 130. The lowest BCUT2D eigenvalue weighted by molar-refractivity contribution is -0.116. The molecule has 10 heavy (non-hydrogen) atoms. The average Bonchev–Trinajstić information content (AvgIpc) is 2.08. The van der Waals surface area contributed by atoms with E-state index >= 15 is 0 Å². The number of hydroxylamine groups is 1. The van der Waals surface area contributed by atoms with Crippen LogP contribution < -0.4 is 5.48 Å². The quantitative estimate of drug-likeness (QED) is 0.317. The molecule has 0 saturated carbocycles. The van der Waals surface area contributed by atoms with Crippen LogP contribution in [-0.2, 0) is 4.79 Å². The van der Waals surface area contributed by atoms with Gasteiger partial charge in [0.2, 0.25) is 6.41 Å². The highest BCUT2D eigenvalue weighted by molar-refractivity contribution is 5.43. The molecule has 2 N–H and O–H groups in total. The van der Waals surface area contributed by atoms with Crippen LogP contribution in [0.4, 0.5) is 0 Å². The predicted octanol–water partition coefficient (Wildman–Crippen LogP) is -0.402. The van der Waals surface area contributed by atoms with E-state index in [1.807, 2.05) is 0 Å². The van der Waals surface area contributed by atoms with Crippen LogP contribution in [0.5, 0.6) is 0 Å². The first-order valence-corrected chi connectivity index (χ1v) is 2.45. The van der Waals surface area contributed by atoms with E-state index in [1.54, 1.807) is 18.5 Å². The van der Waals surface area contributed by atoms with Crippen LogP contribution in [0.3, 0.4) is 0 Å². The normalized spacial score (nSPS) is 6.90. The number of carbonyl (C=O) groups excluding carboxylic acids is 1. The Kier molecular flexibility index (Phi) is 6.39. The summed E-state index contributed by atoms with van der Waals surface area (Å²) in [6.45, 7) is 0. The first kappa shape index (κ1) is 8.51. The Morgan fingerprint density at radius 2 is 1.90 bits per heavy atom. The third kappa shape index (κ3) is 6.51. The van der Waals surface area contributed by atoms with E-state index in [2.05, 4.69) is 9.97 Å². The summed E-state index contributed by atoms with van der Waals surface area (Å²) < 4.78 is 0. The summed E-state index contributed by atoms with van der Waals surface area (Å²) in [5.41, 5.74) is 1.25. The van der Waals surface area contributed by atoms with Gasteiger partial charge in [0.05, 0.1) is 0 Å². The highest BCUT2D eigenvalue weighted by atomic mass is 16.5. The van der Waals surface area contributed by atoms with Gasteiger partial charge in [0.15, 0.2) is 0 Å². The highest BCUT2D eigenvalue weighted by Crippen LogP contribution is 1.66. The molecule has 0 aliphatic heterocycles. The zero-order chi connectivity index (χ0) is 7.66. The van der Waals surface area contributed by atoms with Crippen LogP contribution in [0.25, 0.3) is 0 Å². The van der Waals surface area contributed by atoms with Gasteiger partial charge in [-0.05, 0) is 6.07 Å². The molecule has 0 bridgehead atoms. The van der Waals surface area contributed by atoms with E-state index < -0.39 is 0 Å². The second-order valence-electron chi connectivity index (χ2n) is 1.15. The van der Waals surface area contributed by atoms with Gasteiger partial charge in [-0.15, -0.1) is 0 Å². The molecule has 0 aliphatic rings. The molecule has 5 nitrogen and oxygen atoms in total. The van der Waals surface area contributed by atoms with Crippen LogP contribution in [0, 0.1) is 0 Å². The van der Waals surface area contributed by atoms with Crippen LogP contribution in [-0.4, -0.2) is 21.6 Å². The minimum Gasteiger partial charge on any atom is -0.289 e. The van der Waals surface area contributed by atoms with Crippen LogP contribution >= 0.6 is 0 Å². The van der Waals surface area contributed by atoms with E-state index in [1.165, 1.54) is 11.8 Å². The fourth-order valence-electron chi connectivity index (χ4n) is 0.253. The number of rotatable bonds is 1. The maximum atomic E-state index is 8.81. The van der Waals surface area contributed by atoms with E-state index in [-0.39, 0.29) is 6.41 Å². The first-order chi connectivity index (χ1) is 4.91. The molecule has 1 heterocycles. The van der Waals surface area contributed by atoms with Gasteiger partial charge < -0.3 is 0 Å². The van der Waals surface area contributed by atoms with Crippen molar-refractivity contribution in [3.63, 3.8) is 0 Å². The van der Waals surface area contributed by atoms with Crippen molar-refractivity contribution in [3.05, 3.63) is 24.8 Å². The Hall–Kier alpha value is -1.49. The van der Waals surface area contributed by atoms with Crippen molar-refractivity contribution < 1.29 is 10.0 Å². The molecule has 0 radical (unpaired) electrons. The number of amides is 1. The molecule has 0 saturated heterocycles. The van der Waals surface area contributed by atoms with Gasteiger partial charge in [0, 0.05) is 12.4 Å². The summed E-state index contributed by atoms with van der Waals surface area (Å²) in [7, 11) is 0. The highest BCUT2D eigenvalue weighted by Gasteiger charge is 1.59. The molecule has 5 heteroatoms. The van der Waals surface area contributed by atoms with Crippen molar-refractivity contribution in [3.8, 4) is 0 Å². The van der Waals surface area contributed by atoms with E-state index in [9.17, 15) is 0 Å². The molecule has 0 fully saturated rings. The zero-order valence-corrected chi connectivity index (χ0v) is 5.14. The standard InChI is InChI=1S/C4H4N2.CH3NO2/c1-2-5-4-6-3-1;3-1-2-4/h1-4H;1,4H,(H,2,3). The molecule has 0 aromatic carbocycles. The fourth-order valence-corrected chi connectivity index (χ4v) is 0.253. The number of carbonyl (C=O) groups is 1. The van der Waals surface area contributed by atoms with Gasteiger partial charge >= 0.3 is 0 Å². The third-order valence-corrected chi connectivity index (χ3v) is 0.530. The molecule has 0 unspecified atom stereocenters. The maximum absolute atomic E-state index is 8.81. The van der Waals surface area contributed by atoms with Gasteiger partial charge in [-0.2, -0.15) is 0 Å². The van der Waals surface area contributed by atoms with Crippen molar-refractivity contribution in [2.45, 2.75) is 0 Å². The molecule has 1 aromatic rings. The lowest BCUT2D eigenvalue weighted by atomic mass is 10.7. The number of hydrogen-bond acceptors (Lipinski definition) is 4. The molecule has 1 aromatic heterocycles. The topological polar surface area (TPSA) is 75.1 Å². The SMILES string of the molecule is O=CNO.c1cncnc1.